The molecule has 71 heavy (non-hydrogen) atoms. The van der Waals surface area contributed by atoms with Crippen molar-refractivity contribution in [3.63, 3.8) is 0 Å². The number of phenolic OH excluding ortho intramolecular Hbond substituents is 1. The zero-order valence-corrected chi connectivity index (χ0v) is 45.9. The number of nitrogen functional groups attached to an aromatic ring is 1. The Morgan fingerprint density at radius 3 is 1.15 bits per heavy atom. The van der Waals surface area contributed by atoms with Gasteiger partial charge in [-0.1, -0.05) is 127 Å². The first-order chi connectivity index (χ1) is 33.4. The predicted octanol–water partition coefficient (Wildman–Crippen LogP) is 10.8. The van der Waals surface area contributed by atoms with Gasteiger partial charge in [0.25, 0.3) is 16.7 Å². The summed E-state index contributed by atoms with van der Waals surface area (Å²) >= 11 is 39.9. The number of ether oxygens (including phenoxy) is 3. The van der Waals surface area contributed by atoms with Crippen molar-refractivity contribution in [1.82, 2.24) is 30.6 Å². The fraction of sp³-hybridized carbons (Fsp3) is 0.333. The summed E-state index contributed by atoms with van der Waals surface area (Å²) in [4.78, 5) is 56.1. The number of carbonyl (C=O) groups is 2. The van der Waals surface area contributed by atoms with E-state index >= 15 is 0 Å². The van der Waals surface area contributed by atoms with Crippen LogP contribution >= 0.6 is 85.5 Å². The fourth-order valence-corrected chi connectivity index (χ4v) is 8.21. The van der Waals surface area contributed by atoms with Gasteiger partial charge in [0.2, 0.25) is 0 Å². The van der Waals surface area contributed by atoms with Crippen molar-refractivity contribution in [3.05, 3.63) is 166 Å². The molecular weight excluding hydrogens is 1110 g/mol. The van der Waals surface area contributed by atoms with Crippen molar-refractivity contribution in [2.24, 2.45) is 0 Å². The average molecular weight is 1160 g/mol. The molecule has 0 fully saturated rings. The van der Waals surface area contributed by atoms with E-state index in [2.05, 4.69) is 56.0 Å². The van der Waals surface area contributed by atoms with E-state index in [9.17, 15) is 29.1 Å². The fourth-order valence-electron chi connectivity index (χ4n) is 6.13. The van der Waals surface area contributed by atoms with Crippen LogP contribution in [-0.4, -0.2) is 73.8 Å². The van der Waals surface area contributed by atoms with Crippen LogP contribution < -0.4 is 27.1 Å². The van der Waals surface area contributed by atoms with E-state index in [1.54, 1.807) is 42.5 Å². The van der Waals surface area contributed by atoms with Gasteiger partial charge in [-0.2, -0.15) is 15.3 Å². The number of halogens is 7. The summed E-state index contributed by atoms with van der Waals surface area (Å²) in [5, 5.41) is 31.7. The zero-order chi connectivity index (χ0) is 53.3. The van der Waals surface area contributed by atoms with Crippen molar-refractivity contribution in [1.29, 1.82) is 0 Å². The summed E-state index contributed by atoms with van der Waals surface area (Å²) in [5.41, 5.74) is 11.7. The maximum absolute atomic E-state index is 11.8. The summed E-state index contributed by atoms with van der Waals surface area (Å²) in [6, 6.07) is 14.6. The first-order valence-electron chi connectivity index (χ1n) is 21.3. The van der Waals surface area contributed by atoms with E-state index in [1.165, 1.54) is 26.4 Å². The number of alkyl halides is 1. The van der Waals surface area contributed by atoms with E-state index in [4.69, 9.17) is 80.1 Å². The van der Waals surface area contributed by atoms with E-state index in [-0.39, 0.29) is 58.1 Å². The molecule has 0 spiro atoms. The molecule has 0 amide bonds. The molecule has 0 atom stereocenters. The molecule has 0 saturated heterocycles. The zero-order valence-electron chi connectivity index (χ0n) is 39.7. The third-order valence-corrected chi connectivity index (χ3v) is 12.4. The van der Waals surface area contributed by atoms with Crippen molar-refractivity contribution >= 4 is 103 Å². The minimum atomic E-state index is -0.505. The molecule has 0 radical (unpaired) electrons. The Kier molecular flexibility index (Phi) is 24.4. The number of rotatable bonds is 13. The highest BCUT2D eigenvalue weighted by molar-refractivity contribution is 9.09. The Labute approximate surface area is 447 Å². The lowest BCUT2D eigenvalue weighted by Crippen LogP contribution is -2.17. The quantitative estimate of drug-likeness (QED) is 0.0411. The second-order valence-electron chi connectivity index (χ2n) is 16.2. The Balaban J connectivity index is 0.000000267. The molecule has 0 saturated carbocycles. The topological polar surface area (TPSA) is 245 Å². The molecule has 0 bridgehead atoms. The number of H-pyrrole nitrogens is 3. The third-order valence-electron chi connectivity index (χ3n) is 9.92. The average Bonchev–Trinajstić information content (AvgIpc) is 3.30. The van der Waals surface area contributed by atoms with E-state index in [1.807, 2.05) is 41.5 Å². The van der Waals surface area contributed by atoms with Gasteiger partial charge in [0, 0.05) is 71.8 Å². The van der Waals surface area contributed by atoms with Crippen LogP contribution in [0, 0.1) is 0 Å². The van der Waals surface area contributed by atoms with Gasteiger partial charge in [0.05, 0.1) is 31.3 Å². The van der Waals surface area contributed by atoms with Gasteiger partial charge < -0.3 is 25.1 Å². The second-order valence-corrected chi connectivity index (χ2v) is 19.2. The molecule has 0 aliphatic heterocycles. The molecule has 23 heteroatoms. The van der Waals surface area contributed by atoms with Gasteiger partial charge in [0.15, 0.2) is 6.61 Å². The highest BCUT2D eigenvalue weighted by atomic mass is 79.9. The summed E-state index contributed by atoms with van der Waals surface area (Å²) in [5.74, 6) is -0.0675. The lowest BCUT2D eigenvalue weighted by molar-refractivity contribution is -0.143. The number of benzene rings is 3. The number of nitrogens with one attached hydrogen (secondary N) is 3. The van der Waals surface area contributed by atoms with Crippen LogP contribution in [0.3, 0.4) is 0 Å². The molecule has 3 aromatic carbocycles. The highest BCUT2D eigenvalue weighted by Crippen LogP contribution is 2.34. The van der Waals surface area contributed by atoms with E-state index < -0.39 is 5.97 Å². The number of phenols is 1. The van der Waals surface area contributed by atoms with Gasteiger partial charge in [-0.25, -0.2) is 20.1 Å². The second kappa shape index (κ2) is 28.8. The van der Waals surface area contributed by atoms with Gasteiger partial charge in [0.1, 0.15) is 16.8 Å². The van der Waals surface area contributed by atoms with Crippen molar-refractivity contribution in [2.75, 3.05) is 31.9 Å². The van der Waals surface area contributed by atoms with Gasteiger partial charge in [-0.05, 0) is 89.0 Å². The number of carbonyl (C=O) groups excluding carboxylic acids is 2. The predicted molar refractivity (Wildman–Crippen MR) is 284 cm³/mol. The lowest BCUT2D eigenvalue weighted by atomic mass is 10.0. The number of aromatic amines is 3. The summed E-state index contributed by atoms with van der Waals surface area (Å²) in [7, 11) is 2.63. The van der Waals surface area contributed by atoms with Crippen LogP contribution in [-0.2, 0) is 38.3 Å². The SMILES string of the molecule is CC(C)c1cc(Cc2c(Cl)cc(N)cc2Cl)n[nH]c1=O.CC(C)c1cc(Cc2c(Cl)cc(O)cc2Cl)n[nH]c1=O.COC(=O)CBr.COC(=O)COc1cc(Cl)c(Cc2cc(C(C)C)c(=O)[nH]n2)c(Cl)c1. The van der Waals surface area contributed by atoms with E-state index in [0.717, 1.165) is 5.56 Å². The molecule has 16 nitrogen and oxygen atoms in total. The Morgan fingerprint density at radius 1 is 0.563 bits per heavy atom. The first kappa shape index (κ1) is 60.2. The molecule has 6 N–H and O–H groups in total. The number of anilines is 1. The standard InChI is InChI=1S/C17H18Cl2N2O4.C14H15Cl2N3O.C14H14Cl2N2O2.C3H5BrO2/c1-9(2)12-4-10(20-21-17(12)23)5-13-14(18)6-11(7-15(13)19)25-8-16(22)24-3;1-7(2)10-5-9(18-19-14(10)20)6-11-12(15)3-8(17)4-13(11)16;1-7(2)10-3-8(17-18-14(10)20)4-11-12(15)5-9(19)6-13(11)16;1-6-3(5)2-4/h4,6-7,9H,5,8H2,1-3H3,(H,21,23);3-5,7H,6,17H2,1-2H3,(H,19,20);3,5-7,19H,4H2,1-2H3,(H,18,20);2H2,1H3. The number of esters is 2. The van der Waals surface area contributed by atoms with Crippen LogP contribution in [0.5, 0.6) is 11.5 Å². The highest BCUT2D eigenvalue weighted by Gasteiger charge is 2.16. The maximum Gasteiger partial charge on any atom is 0.343 e. The number of hydrogen-bond donors (Lipinski definition) is 5. The number of aromatic nitrogens is 6. The largest absolute Gasteiger partial charge is 0.508 e. The molecule has 6 aromatic rings. The lowest BCUT2D eigenvalue weighted by Gasteiger charge is -2.11. The van der Waals surface area contributed by atoms with E-state index in [0.29, 0.717) is 106 Å². The Morgan fingerprint density at radius 2 is 0.873 bits per heavy atom. The van der Waals surface area contributed by atoms with Crippen LogP contribution in [0.1, 0.15) is 110 Å². The molecule has 6 rings (SSSR count). The van der Waals surface area contributed by atoms with Crippen LogP contribution in [0.4, 0.5) is 5.69 Å². The number of hydrogen-bond acceptors (Lipinski definition) is 13. The molecule has 0 aliphatic carbocycles. The number of aromatic hydroxyl groups is 1. The summed E-state index contributed by atoms with van der Waals surface area (Å²) in [6.45, 7) is 11.4. The van der Waals surface area contributed by atoms with Crippen molar-refractivity contribution < 1.29 is 28.9 Å². The molecule has 382 valence electrons. The summed E-state index contributed by atoms with van der Waals surface area (Å²) < 4.78 is 14.0. The maximum atomic E-state index is 11.8. The smallest absolute Gasteiger partial charge is 0.343 e. The Hall–Kier alpha value is -5.14. The minimum Gasteiger partial charge on any atom is -0.508 e. The normalized spacial score (nSPS) is 10.7. The number of nitrogens with two attached hydrogens (primary N) is 1. The van der Waals surface area contributed by atoms with Gasteiger partial charge in [-0.15, -0.1) is 0 Å². The van der Waals surface area contributed by atoms with Crippen molar-refractivity contribution in [2.45, 2.75) is 78.6 Å². The van der Waals surface area contributed by atoms with Crippen LogP contribution in [0.15, 0.2) is 69.0 Å². The third kappa shape index (κ3) is 18.8. The molecule has 3 aromatic heterocycles. The van der Waals surface area contributed by atoms with Crippen molar-refractivity contribution in [3.8, 4) is 11.5 Å². The van der Waals surface area contributed by atoms with Crippen LogP contribution in [0.25, 0.3) is 0 Å². The monoisotopic (exact) mass is 1160 g/mol. The van der Waals surface area contributed by atoms with Gasteiger partial charge >= 0.3 is 11.9 Å². The number of nitrogens with zero attached hydrogens (tertiary/aromatic N) is 3. The molecular formula is C48H52BrCl6N7O9. The number of methoxy groups -OCH3 is 2. The molecule has 0 aliphatic rings. The molecule has 3 heterocycles. The Bertz CT molecular complexity index is 2790. The molecule has 0 unspecified atom stereocenters. The summed E-state index contributed by atoms with van der Waals surface area (Å²) in [6.07, 6.45) is 1.17. The minimum absolute atomic E-state index is 0.0149. The first-order valence-corrected chi connectivity index (χ1v) is 24.7. The van der Waals surface area contributed by atoms with Gasteiger partial charge in [-0.3, -0.25) is 19.2 Å². The van der Waals surface area contributed by atoms with Crippen LogP contribution in [0.2, 0.25) is 30.1 Å².